The summed E-state index contributed by atoms with van der Waals surface area (Å²) < 4.78 is 2.04. The Hall–Kier alpha value is -2.14. The lowest BCUT2D eigenvalue weighted by Crippen LogP contribution is -1.98. The molecule has 0 aliphatic carbocycles. The maximum absolute atomic E-state index is 5.35. The van der Waals surface area contributed by atoms with Crippen LogP contribution in [0.5, 0.6) is 0 Å². The highest BCUT2D eigenvalue weighted by Gasteiger charge is 1.96. The van der Waals surface area contributed by atoms with Gasteiger partial charge in [0.2, 0.25) is 0 Å². The number of hydrogen-bond donors (Lipinski definition) is 1. The van der Waals surface area contributed by atoms with Gasteiger partial charge in [-0.3, -0.25) is 0 Å². The summed E-state index contributed by atoms with van der Waals surface area (Å²) in [6, 6.07) is 9.97. The highest BCUT2D eigenvalue weighted by atomic mass is 14.9. The van der Waals surface area contributed by atoms with Crippen LogP contribution in [0.2, 0.25) is 0 Å². The summed E-state index contributed by atoms with van der Waals surface area (Å²) in [6.07, 6.45) is 9.48. The molecule has 2 aromatic rings. The number of benzene rings is 1. The molecule has 0 amide bonds. The maximum Gasteiger partial charge on any atom is 0.0415 e. The molecule has 2 heteroatoms. The minimum atomic E-state index is 0.814. The Morgan fingerprint density at radius 2 is 2.25 bits per heavy atom. The summed E-state index contributed by atoms with van der Waals surface area (Å²) >= 11 is 0. The molecule has 80 valence electrons. The molecule has 0 atom stereocenters. The second kappa shape index (κ2) is 4.59. The minimum Gasteiger partial charge on any atom is -0.381 e. The Labute approximate surface area is 95.9 Å². The van der Waals surface area contributed by atoms with Crippen LogP contribution in [0, 0.1) is 12.3 Å². The minimum absolute atomic E-state index is 0.814. The van der Waals surface area contributed by atoms with Gasteiger partial charge >= 0.3 is 0 Å². The third kappa shape index (κ3) is 2.46. The topological polar surface area (TPSA) is 17.0 Å². The molecule has 1 aromatic carbocycles. The molecule has 0 aliphatic heterocycles. The molecule has 0 saturated heterocycles. The summed E-state index contributed by atoms with van der Waals surface area (Å²) in [5.41, 5.74) is 3.21. The van der Waals surface area contributed by atoms with Gasteiger partial charge in [0.05, 0.1) is 0 Å². The van der Waals surface area contributed by atoms with E-state index in [1.54, 1.807) is 0 Å². The molecule has 0 bridgehead atoms. The largest absolute Gasteiger partial charge is 0.381 e. The van der Waals surface area contributed by atoms with Crippen LogP contribution in [0.1, 0.15) is 11.1 Å². The molecule has 16 heavy (non-hydrogen) atoms. The molecule has 1 heterocycles. The molecule has 0 radical (unpaired) electrons. The van der Waals surface area contributed by atoms with Crippen molar-refractivity contribution < 1.29 is 0 Å². The molecule has 2 nitrogen and oxygen atoms in total. The Morgan fingerprint density at radius 1 is 1.38 bits per heavy atom. The van der Waals surface area contributed by atoms with Crippen molar-refractivity contribution >= 4 is 5.69 Å². The maximum atomic E-state index is 5.35. The number of nitrogens with zero attached hydrogens (tertiary/aromatic N) is 1. The van der Waals surface area contributed by atoms with Crippen LogP contribution < -0.4 is 5.32 Å². The predicted octanol–water partition coefficient (Wildman–Crippen LogP) is 2.62. The van der Waals surface area contributed by atoms with E-state index in [4.69, 9.17) is 6.42 Å². The summed E-state index contributed by atoms with van der Waals surface area (Å²) in [5.74, 6) is 2.63. The van der Waals surface area contributed by atoms with Gasteiger partial charge in [0, 0.05) is 37.2 Å². The van der Waals surface area contributed by atoms with Crippen LogP contribution in [-0.4, -0.2) is 4.57 Å². The second-order valence-electron chi connectivity index (χ2n) is 3.76. The van der Waals surface area contributed by atoms with E-state index in [0.29, 0.717) is 0 Å². The lowest BCUT2D eigenvalue weighted by atomic mass is 10.2. The van der Waals surface area contributed by atoms with E-state index in [1.165, 1.54) is 5.56 Å². The second-order valence-corrected chi connectivity index (χ2v) is 3.76. The Balaban J connectivity index is 2.02. The van der Waals surface area contributed by atoms with Gasteiger partial charge in [-0.15, -0.1) is 6.42 Å². The molecule has 2 rings (SSSR count). The van der Waals surface area contributed by atoms with Crippen LogP contribution >= 0.6 is 0 Å². The number of anilines is 1. The van der Waals surface area contributed by atoms with Crippen LogP contribution in [0.25, 0.3) is 0 Å². The van der Waals surface area contributed by atoms with E-state index in [1.807, 2.05) is 42.1 Å². The van der Waals surface area contributed by atoms with Gasteiger partial charge < -0.3 is 9.88 Å². The first-order chi connectivity index (χ1) is 7.78. The van der Waals surface area contributed by atoms with Gasteiger partial charge in [0.25, 0.3) is 0 Å². The van der Waals surface area contributed by atoms with Gasteiger partial charge in [-0.2, -0.15) is 0 Å². The van der Waals surface area contributed by atoms with Crippen molar-refractivity contribution in [3.63, 3.8) is 0 Å². The lowest BCUT2D eigenvalue weighted by Gasteiger charge is -2.05. The van der Waals surface area contributed by atoms with E-state index in [-0.39, 0.29) is 0 Å². The van der Waals surface area contributed by atoms with Crippen LogP contribution in [-0.2, 0) is 13.6 Å². The van der Waals surface area contributed by atoms with Gasteiger partial charge in [0.15, 0.2) is 0 Å². The normalized spacial score (nSPS) is 9.75. The average molecular weight is 210 g/mol. The van der Waals surface area contributed by atoms with Crippen molar-refractivity contribution in [2.24, 2.45) is 7.05 Å². The van der Waals surface area contributed by atoms with Crippen molar-refractivity contribution in [2.75, 3.05) is 5.32 Å². The SMILES string of the molecule is C#Cc1cccc(NCc2ccn(C)c2)c1. The van der Waals surface area contributed by atoms with Crippen LogP contribution in [0.4, 0.5) is 5.69 Å². The molecule has 0 spiro atoms. The van der Waals surface area contributed by atoms with Crippen molar-refractivity contribution in [3.8, 4) is 12.3 Å². The van der Waals surface area contributed by atoms with Crippen molar-refractivity contribution in [3.05, 3.63) is 53.9 Å². The fraction of sp³-hybridized carbons (Fsp3) is 0.143. The van der Waals surface area contributed by atoms with E-state index >= 15 is 0 Å². The van der Waals surface area contributed by atoms with E-state index in [9.17, 15) is 0 Å². The smallest absolute Gasteiger partial charge is 0.0415 e. The molecule has 1 N–H and O–H groups in total. The Bertz CT molecular complexity index is 518. The third-order valence-electron chi connectivity index (χ3n) is 2.42. The molecular weight excluding hydrogens is 196 g/mol. The molecule has 0 fully saturated rings. The summed E-state index contributed by atoms with van der Waals surface area (Å²) in [5, 5.41) is 3.34. The first-order valence-electron chi connectivity index (χ1n) is 5.19. The standard InChI is InChI=1S/C14H14N2/c1-3-12-5-4-6-14(9-12)15-10-13-7-8-16(2)11-13/h1,4-9,11,15H,10H2,2H3. The van der Waals surface area contributed by atoms with Gasteiger partial charge in [-0.25, -0.2) is 0 Å². The molecule has 0 aliphatic rings. The zero-order chi connectivity index (χ0) is 11.4. The Morgan fingerprint density at radius 3 is 2.94 bits per heavy atom. The van der Waals surface area contributed by atoms with Gasteiger partial charge in [0.1, 0.15) is 0 Å². The van der Waals surface area contributed by atoms with E-state index in [0.717, 1.165) is 17.8 Å². The lowest BCUT2D eigenvalue weighted by molar-refractivity contribution is 0.920. The highest BCUT2D eigenvalue weighted by Crippen LogP contribution is 2.11. The molecular formula is C14H14N2. The number of rotatable bonds is 3. The molecule has 0 unspecified atom stereocenters. The average Bonchev–Trinajstić information content (AvgIpc) is 2.73. The predicted molar refractivity (Wildman–Crippen MR) is 67.1 cm³/mol. The van der Waals surface area contributed by atoms with Crippen LogP contribution in [0.15, 0.2) is 42.7 Å². The van der Waals surface area contributed by atoms with Crippen molar-refractivity contribution in [1.82, 2.24) is 4.57 Å². The Kier molecular flexibility index (Phi) is 2.98. The number of aryl methyl sites for hydroxylation is 1. The molecule has 1 aromatic heterocycles. The monoisotopic (exact) mass is 210 g/mol. The van der Waals surface area contributed by atoms with Crippen molar-refractivity contribution in [2.45, 2.75) is 6.54 Å². The van der Waals surface area contributed by atoms with Gasteiger partial charge in [-0.05, 0) is 29.8 Å². The molecule has 0 saturated carbocycles. The first kappa shape index (κ1) is 10.4. The fourth-order valence-electron chi connectivity index (χ4n) is 1.59. The fourth-order valence-corrected chi connectivity index (χ4v) is 1.59. The highest BCUT2D eigenvalue weighted by molar-refractivity contribution is 5.50. The number of terminal acetylenes is 1. The third-order valence-corrected chi connectivity index (χ3v) is 2.42. The zero-order valence-corrected chi connectivity index (χ0v) is 9.27. The summed E-state index contributed by atoms with van der Waals surface area (Å²) in [4.78, 5) is 0. The van der Waals surface area contributed by atoms with E-state index in [2.05, 4.69) is 23.5 Å². The number of hydrogen-bond acceptors (Lipinski definition) is 1. The summed E-state index contributed by atoms with van der Waals surface area (Å²) in [6.45, 7) is 0.814. The zero-order valence-electron chi connectivity index (χ0n) is 9.27. The van der Waals surface area contributed by atoms with E-state index < -0.39 is 0 Å². The van der Waals surface area contributed by atoms with Gasteiger partial charge in [-0.1, -0.05) is 12.0 Å². The number of aromatic nitrogens is 1. The summed E-state index contributed by atoms with van der Waals surface area (Å²) in [7, 11) is 2.02. The van der Waals surface area contributed by atoms with Crippen LogP contribution in [0.3, 0.4) is 0 Å². The first-order valence-corrected chi connectivity index (χ1v) is 5.19. The number of nitrogens with one attached hydrogen (secondary N) is 1. The van der Waals surface area contributed by atoms with Crippen molar-refractivity contribution in [1.29, 1.82) is 0 Å². The quantitative estimate of drug-likeness (QED) is 0.771.